The molecule has 0 unspecified atom stereocenters. The monoisotopic (exact) mass is 398 g/mol. The fraction of sp³-hybridized carbons (Fsp3) is 0.619. The van der Waals surface area contributed by atoms with Gasteiger partial charge in [-0.25, -0.2) is 0 Å². The summed E-state index contributed by atoms with van der Waals surface area (Å²) in [7, 11) is 0. The van der Waals surface area contributed by atoms with E-state index in [2.05, 4.69) is 21.0 Å². The predicted octanol–water partition coefficient (Wildman–Crippen LogP) is 3.02. The minimum Gasteiger partial charge on any atom is -0.461 e. The van der Waals surface area contributed by atoms with Gasteiger partial charge >= 0.3 is 0 Å². The molecule has 8 nitrogen and oxygen atoms in total. The molecule has 0 atom stereocenters. The summed E-state index contributed by atoms with van der Waals surface area (Å²) < 4.78 is 10.3. The van der Waals surface area contributed by atoms with Gasteiger partial charge in [0.15, 0.2) is 5.76 Å². The van der Waals surface area contributed by atoms with Crippen molar-refractivity contribution in [2.75, 3.05) is 0 Å². The van der Waals surface area contributed by atoms with Crippen LogP contribution in [0.15, 0.2) is 27.3 Å². The molecule has 29 heavy (non-hydrogen) atoms. The second-order valence-corrected chi connectivity index (χ2v) is 9.18. The molecule has 4 aliphatic rings. The lowest BCUT2D eigenvalue weighted by molar-refractivity contribution is -0.134. The van der Waals surface area contributed by atoms with Crippen molar-refractivity contribution in [3.05, 3.63) is 24.3 Å². The van der Waals surface area contributed by atoms with Crippen LogP contribution < -0.4 is 10.9 Å². The summed E-state index contributed by atoms with van der Waals surface area (Å²) >= 11 is 0. The minimum atomic E-state index is -0.276. The third kappa shape index (κ3) is 3.93. The van der Waals surface area contributed by atoms with E-state index in [0.29, 0.717) is 30.3 Å². The summed E-state index contributed by atoms with van der Waals surface area (Å²) in [6, 6.07) is 3.48. The molecule has 4 aliphatic carbocycles. The molecule has 4 saturated carbocycles. The molecule has 2 N–H and O–H groups in total. The molecular formula is C21H26N4O4. The highest BCUT2D eigenvalue weighted by Crippen LogP contribution is 2.61. The lowest BCUT2D eigenvalue weighted by Gasteiger charge is -2.56. The highest BCUT2D eigenvalue weighted by molar-refractivity contribution is 5.82. The number of rotatable bonds is 6. The number of carbonyl (C=O) groups excluding carboxylic acids is 2. The molecule has 0 saturated heterocycles. The van der Waals surface area contributed by atoms with Crippen molar-refractivity contribution < 1.29 is 18.5 Å². The van der Waals surface area contributed by atoms with Crippen LogP contribution in [0.1, 0.15) is 57.3 Å². The molecular weight excluding hydrogens is 372 g/mol. The van der Waals surface area contributed by atoms with Gasteiger partial charge in [0.25, 0.3) is 0 Å². The Labute approximate surface area is 168 Å². The van der Waals surface area contributed by atoms with Crippen molar-refractivity contribution in [3.63, 3.8) is 0 Å². The summed E-state index contributed by atoms with van der Waals surface area (Å²) in [5.74, 6) is 3.29. The summed E-state index contributed by atoms with van der Waals surface area (Å²) in [5, 5.41) is 3.83. The maximum Gasteiger partial charge on any atom is 0.238 e. The number of nitrogens with zero attached hydrogens (tertiary/aromatic N) is 2. The summed E-state index contributed by atoms with van der Waals surface area (Å²) in [4.78, 5) is 28.8. The summed E-state index contributed by atoms with van der Waals surface area (Å²) in [5.41, 5.74) is 5.29. The topological polar surface area (TPSA) is 110 Å². The molecule has 4 bridgehead atoms. The first-order valence-electron chi connectivity index (χ1n) is 10.5. The number of amides is 2. The standard InChI is InChI=1S/C21H26N4O4/c26-17(3-4-19-22-20(25-29-19)16-2-1-5-28-16)23-24-18(27)12-21-9-13-6-14(10-21)8-15(7-13)11-21/h1-2,5,13-15H,3-4,6-12H2,(H,23,26)(H,24,27). The average molecular weight is 398 g/mol. The molecule has 154 valence electrons. The molecule has 2 amide bonds. The molecule has 0 spiro atoms. The van der Waals surface area contributed by atoms with Crippen LogP contribution >= 0.6 is 0 Å². The predicted molar refractivity (Wildman–Crippen MR) is 102 cm³/mol. The largest absolute Gasteiger partial charge is 0.461 e. The molecule has 0 aliphatic heterocycles. The van der Waals surface area contributed by atoms with E-state index in [-0.39, 0.29) is 23.7 Å². The zero-order valence-corrected chi connectivity index (χ0v) is 16.4. The first kappa shape index (κ1) is 18.4. The number of carbonyl (C=O) groups is 2. The van der Waals surface area contributed by atoms with Crippen molar-refractivity contribution in [2.45, 2.75) is 57.8 Å². The van der Waals surface area contributed by atoms with Gasteiger partial charge in [-0.1, -0.05) is 5.16 Å². The van der Waals surface area contributed by atoms with E-state index >= 15 is 0 Å². The normalized spacial score (nSPS) is 29.7. The van der Waals surface area contributed by atoms with E-state index in [0.717, 1.165) is 17.8 Å². The van der Waals surface area contributed by atoms with E-state index < -0.39 is 0 Å². The smallest absolute Gasteiger partial charge is 0.238 e. The maximum absolute atomic E-state index is 12.5. The van der Waals surface area contributed by atoms with Crippen molar-refractivity contribution in [1.82, 2.24) is 21.0 Å². The molecule has 4 fully saturated rings. The average Bonchev–Trinajstić information content (AvgIpc) is 3.34. The Morgan fingerprint density at radius 3 is 2.41 bits per heavy atom. The van der Waals surface area contributed by atoms with Crippen LogP contribution in [0.4, 0.5) is 0 Å². The van der Waals surface area contributed by atoms with Gasteiger partial charge in [-0.15, -0.1) is 0 Å². The van der Waals surface area contributed by atoms with Crippen LogP contribution in [0.25, 0.3) is 11.6 Å². The van der Waals surface area contributed by atoms with Gasteiger partial charge in [0, 0.05) is 19.3 Å². The number of hydrogen-bond acceptors (Lipinski definition) is 6. The molecule has 0 radical (unpaired) electrons. The Kier molecular flexibility index (Phi) is 4.64. The van der Waals surface area contributed by atoms with Gasteiger partial charge < -0.3 is 8.94 Å². The number of hydrazine groups is 1. The van der Waals surface area contributed by atoms with Crippen LogP contribution in [-0.4, -0.2) is 22.0 Å². The number of nitrogens with one attached hydrogen (secondary N) is 2. The maximum atomic E-state index is 12.5. The van der Waals surface area contributed by atoms with E-state index in [1.807, 2.05) is 0 Å². The fourth-order valence-corrected chi connectivity index (χ4v) is 6.18. The molecule has 6 rings (SSSR count). The first-order chi connectivity index (χ1) is 14.1. The van der Waals surface area contributed by atoms with Crippen LogP contribution in [0.5, 0.6) is 0 Å². The first-order valence-corrected chi connectivity index (χ1v) is 10.5. The summed E-state index contributed by atoms with van der Waals surface area (Å²) in [6.45, 7) is 0. The molecule has 0 aromatic carbocycles. The third-order valence-corrected chi connectivity index (χ3v) is 6.82. The van der Waals surface area contributed by atoms with E-state index in [9.17, 15) is 9.59 Å². The van der Waals surface area contributed by atoms with Crippen molar-refractivity contribution in [1.29, 1.82) is 0 Å². The van der Waals surface area contributed by atoms with Crippen LogP contribution in [-0.2, 0) is 16.0 Å². The minimum absolute atomic E-state index is 0.0850. The van der Waals surface area contributed by atoms with Crippen LogP contribution in [0, 0.1) is 23.2 Å². The highest BCUT2D eigenvalue weighted by atomic mass is 16.5. The van der Waals surface area contributed by atoms with Gasteiger partial charge in [-0.05, 0) is 73.8 Å². The number of aromatic nitrogens is 2. The number of hydrogen-bond donors (Lipinski definition) is 2. The molecule has 2 aromatic heterocycles. The van der Waals surface area contributed by atoms with Crippen molar-refractivity contribution >= 4 is 11.8 Å². The van der Waals surface area contributed by atoms with Crippen molar-refractivity contribution in [3.8, 4) is 11.6 Å². The highest BCUT2D eigenvalue weighted by Gasteiger charge is 2.51. The zero-order chi connectivity index (χ0) is 19.8. The Balaban J connectivity index is 1.07. The lowest BCUT2D eigenvalue weighted by Crippen LogP contribution is -2.50. The van der Waals surface area contributed by atoms with Gasteiger partial charge in [-0.3, -0.25) is 20.4 Å². The second kappa shape index (κ2) is 7.31. The number of furan rings is 1. The second-order valence-electron chi connectivity index (χ2n) is 9.18. The van der Waals surface area contributed by atoms with E-state index in [1.165, 1.54) is 44.8 Å². The molecule has 2 aromatic rings. The van der Waals surface area contributed by atoms with Gasteiger partial charge in [0.05, 0.1) is 6.26 Å². The summed E-state index contributed by atoms with van der Waals surface area (Å²) in [6.07, 6.45) is 10.1. The molecule has 8 heteroatoms. The zero-order valence-electron chi connectivity index (χ0n) is 16.4. The quantitative estimate of drug-likeness (QED) is 0.724. The Bertz CT molecular complexity index is 853. The lowest BCUT2D eigenvalue weighted by atomic mass is 9.49. The Morgan fingerprint density at radius 2 is 1.76 bits per heavy atom. The van der Waals surface area contributed by atoms with E-state index in [4.69, 9.17) is 8.94 Å². The number of aryl methyl sites for hydroxylation is 1. The van der Waals surface area contributed by atoms with Crippen LogP contribution in [0.3, 0.4) is 0 Å². The SMILES string of the molecule is O=C(CCc1nc(-c2ccco2)no1)NNC(=O)CC12CC3CC(CC(C3)C1)C2. The van der Waals surface area contributed by atoms with Gasteiger partial charge in [0.2, 0.25) is 23.5 Å². The van der Waals surface area contributed by atoms with E-state index in [1.54, 1.807) is 12.1 Å². The van der Waals surface area contributed by atoms with Crippen molar-refractivity contribution in [2.24, 2.45) is 23.2 Å². The van der Waals surface area contributed by atoms with Gasteiger partial charge in [-0.2, -0.15) is 4.98 Å². The Morgan fingerprint density at radius 1 is 1.07 bits per heavy atom. The Hall–Kier alpha value is -2.64. The third-order valence-electron chi connectivity index (χ3n) is 6.82. The fourth-order valence-electron chi connectivity index (χ4n) is 6.18. The van der Waals surface area contributed by atoms with Crippen LogP contribution in [0.2, 0.25) is 0 Å². The van der Waals surface area contributed by atoms with Gasteiger partial charge in [0.1, 0.15) is 0 Å². The molecule has 2 heterocycles.